The van der Waals surface area contributed by atoms with Crippen LogP contribution in [0, 0.1) is 0 Å². The minimum atomic E-state index is -0.166. The van der Waals surface area contributed by atoms with Crippen molar-refractivity contribution in [2.45, 2.75) is 32.0 Å². The molecule has 0 fully saturated rings. The topological polar surface area (TPSA) is 60.0 Å². The van der Waals surface area contributed by atoms with Crippen LogP contribution in [0.1, 0.15) is 30.6 Å². The number of fused-ring (bicyclic) bond motifs is 1. The molecule has 2 aliphatic heterocycles. The van der Waals surface area contributed by atoms with Crippen molar-refractivity contribution in [1.82, 2.24) is 0 Å². The first-order chi connectivity index (χ1) is 8.28. The lowest BCUT2D eigenvalue weighted by molar-refractivity contribution is 0.228. The fourth-order valence-electron chi connectivity index (χ4n) is 2.29. The Morgan fingerprint density at radius 2 is 2.12 bits per heavy atom. The van der Waals surface area contributed by atoms with Crippen LogP contribution in [-0.4, -0.2) is 18.5 Å². The molecule has 4 nitrogen and oxygen atoms in total. The van der Waals surface area contributed by atoms with Crippen molar-refractivity contribution in [3.05, 3.63) is 23.3 Å². The van der Waals surface area contributed by atoms with E-state index in [1.54, 1.807) is 12.4 Å². The largest absolute Gasteiger partial charge is 0.490 e. The minimum Gasteiger partial charge on any atom is -0.490 e. The van der Waals surface area contributed by atoms with Crippen molar-refractivity contribution >= 4 is 18.1 Å². The summed E-state index contributed by atoms with van der Waals surface area (Å²) in [4.78, 5) is 8.53. The number of nitrogens with zero attached hydrogens (tertiary/aromatic N) is 2. The van der Waals surface area contributed by atoms with E-state index in [0.717, 1.165) is 24.2 Å². The third-order valence-corrected chi connectivity index (χ3v) is 3.26. The van der Waals surface area contributed by atoms with Crippen molar-refractivity contribution < 1.29 is 4.74 Å². The number of anilines is 1. The Hall–Kier alpha value is -1.84. The lowest BCUT2D eigenvalue weighted by Crippen LogP contribution is -2.10. The highest BCUT2D eigenvalue weighted by Crippen LogP contribution is 2.37. The number of hydrogen-bond acceptors (Lipinski definition) is 4. The first kappa shape index (κ1) is 10.3. The summed E-state index contributed by atoms with van der Waals surface area (Å²) >= 11 is 0. The average molecular weight is 229 g/mol. The molecule has 0 aromatic heterocycles. The van der Waals surface area contributed by atoms with Crippen molar-refractivity contribution in [3.8, 4) is 5.75 Å². The molecule has 0 aliphatic carbocycles. The predicted octanol–water partition coefficient (Wildman–Crippen LogP) is 2.14. The maximum absolute atomic E-state index is 6.03. The van der Waals surface area contributed by atoms with Gasteiger partial charge < -0.3 is 10.5 Å². The van der Waals surface area contributed by atoms with Gasteiger partial charge in [0.15, 0.2) is 6.17 Å². The first-order valence-electron chi connectivity index (χ1n) is 5.92. The summed E-state index contributed by atoms with van der Waals surface area (Å²) in [5.41, 5.74) is 8.94. The summed E-state index contributed by atoms with van der Waals surface area (Å²) in [5, 5.41) is 0. The van der Waals surface area contributed by atoms with Gasteiger partial charge in [0, 0.05) is 36.2 Å². The highest BCUT2D eigenvalue weighted by atomic mass is 16.5. The number of rotatable bonds is 2. The molecule has 3 rings (SSSR count). The molecule has 4 heteroatoms. The van der Waals surface area contributed by atoms with E-state index < -0.39 is 0 Å². The third kappa shape index (κ3) is 1.69. The second-order valence-electron chi connectivity index (χ2n) is 4.41. The molecular formula is C13H15N3O. The highest BCUT2D eigenvalue weighted by molar-refractivity contribution is 6.17. The van der Waals surface area contributed by atoms with Crippen LogP contribution in [0.15, 0.2) is 22.1 Å². The molecule has 0 saturated carbocycles. The van der Waals surface area contributed by atoms with Gasteiger partial charge in [0.05, 0.1) is 0 Å². The van der Waals surface area contributed by atoms with Crippen LogP contribution in [-0.2, 0) is 6.42 Å². The third-order valence-electron chi connectivity index (χ3n) is 3.26. The quantitative estimate of drug-likeness (QED) is 0.790. The molecule has 2 N–H and O–H groups in total. The van der Waals surface area contributed by atoms with Gasteiger partial charge >= 0.3 is 0 Å². The Morgan fingerprint density at radius 1 is 1.35 bits per heavy atom. The molecule has 0 spiro atoms. The van der Waals surface area contributed by atoms with Crippen LogP contribution in [0.4, 0.5) is 5.69 Å². The van der Waals surface area contributed by atoms with Crippen LogP contribution < -0.4 is 10.5 Å². The van der Waals surface area contributed by atoms with Crippen molar-refractivity contribution in [2.75, 3.05) is 5.73 Å². The first-order valence-corrected chi connectivity index (χ1v) is 5.92. The molecule has 0 radical (unpaired) electrons. The van der Waals surface area contributed by atoms with Crippen molar-refractivity contribution in [3.63, 3.8) is 0 Å². The van der Waals surface area contributed by atoms with Gasteiger partial charge in [0.25, 0.3) is 0 Å². The molecular weight excluding hydrogens is 214 g/mol. The van der Waals surface area contributed by atoms with Gasteiger partial charge in [-0.1, -0.05) is 6.92 Å². The molecule has 2 heterocycles. The molecule has 88 valence electrons. The van der Waals surface area contributed by atoms with Crippen molar-refractivity contribution in [1.29, 1.82) is 0 Å². The zero-order valence-corrected chi connectivity index (χ0v) is 9.76. The lowest BCUT2D eigenvalue weighted by Gasteiger charge is -2.10. The fourth-order valence-corrected chi connectivity index (χ4v) is 2.29. The fraction of sp³-hybridized carbons (Fsp3) is 0.385. The predicted molar refractivity (Wildman–Crippen MR) is 69.0 cm³/mol. The maximum atomic E-state index is 6.03. The molecule has 17 heavy (non-hydrogen) atoms. The van der Waals surface area contributed by atoms with E-state index in [2.05, 4.69) is 23.0 Å². The molecule has 0 saturated heterocycles. The molecule has 0 amide bonds. The van der Waals surface area contributed by atoms with Gasteiger partial charge in [0.1, 0.15) is 11.9 Å². The zero-order chi connectivity index (χ0) is 11.8. The maximum Gasteiger partial charge on any atom is 0.167 e. The second-order valence-corrected chi connectivity index (χ2v) is 4.41. The highest BCUT2D eigenvalue weighted by Gasteiger charge is 2.24. The number of nitrogens with two attached hydrogens (primary N) is 1. The summed E-state index contributed by atoms with van der Waals surface area (Å²) in [5.74, 6) is 0.920. The Kier molecular flexibility index (Phi) is 2.35. The summed E-state index contributed by atoms with van der Waals surface area (Å²) in [6, 6.07) is 3.99. The Morgan fingerprint density at radius 3 is 2.82 bits per heavy atom. The average Bonchev–Trinajstić information content (AvgIpc) is 2.95. The van der Waals surface area contributed by atoms with E-state index in [4.69, 9.17) is 10.5 Å². The van der Waals surface area contributed by atoms with Gasteiger partial charge in [-0.05, 0) is 18.1 Å². The van der Waals surface area contributed by atoms with Crippen LogP contribution in [0.2, 0.25) is 0 Å². The van der Waals surface area contributed by atoms with Gasteiger partial charge in [-0.15, -0.1) is 0 Å². The number of ether oxygens (including phenoxy) is 1. The Balaban J connectivity index is 1.98. The summed E-state index contributed by atoms with van der Waals surface area (Å²) < 4.78 is 5.80. The molecule has 2 aliphatic rings. The van der Waals surface area contributed by atoms with E-state index in [-0.39, 0.29) is 12.3 Å². The van der Waals surface area contributed by atoms with Crippen molar-refractivity contribution in [2.24, 2.45) is 9.98 Å². The molecule has 1 aromatic rings. The lowest BCUT2D eigenvalue weighted by atomic mass is 10.0. The van der Waals surface area contributed by atoms with E-state index in [0.29, 0.717) is 5.69 Å². The zero-order valence-electron chi connectivity index (χ0n) is 9.76. The smallest absolute Gasteiger partial charge is 0.167 e. The Bertz CT molecular complexity index is 496. The van der Waals surface area contributed by atoms with E-state index in [1.807, 2.05) is 6.07 Å². The van der Waals surface area contributed by atoms with Gasteiger partial charge in [-0.3, -0.25) is 9.98 Å². The SMILES string of the molecule is CCC1Cc2cc(C3N=CC=N3)c(N)cc2O1. The molecule has 1 aromatic carbocycles. The molecule has 1 unspecified atom stereocenters. The number of aliphatic imine (C=N–C) groups is 2. The summed E-state index contributed by atoms with van der Waals surface area (Å²) in [6.07, 6.45) is 5.52. The van der Waals surface area contributed by atoms with E-state index in [9.17, 15) is 0 Å². The van der Waals surface area contributed by atoms with Crippen LogP contribution >= 0.6 is 0 Å². The number of benzene rings is 1. The molecule has 0 bridgehead atoms. The van der Waals surface area contributed by atoms with E-state index >= 15 is 0 Å². The van der Waals surface area contributed by atoms with Gasteiger partial charge in [-0.25, -0.2) is 0 Å². The van der Waals surface area contributed by atoms with Gasteiger partial charge in [-0.2, -0.15) is 0 Å². The van der Waals surface area contributed by atoms with Crippen LogP contribution in [0.3, 0.4) is 0 Å². The number of hydrogen-bond donors (Lipinski definition) is 1. The monoisotopic (exact) mass is 229 g/mol. The van der Waals surface area contributed by atoms with Gasteiger partial charge in [0.2, 0.25) is 0 Å². The van der Waals surface area contributed by atoms with E-state index in [1.165, 1.54) is 5.56 Å². The Labute approximate surface area is 100 Å². The standard InChI is InChI=1S/C13H15N3O/c1-2-9-5-8-6-10(13-15-3-4-16-13)11(14)7-12(8)17-9/h3-4,6-7,9,13H,2,5,14H2,1H3. The van der Waals surface area contributed by atoms with Crippen LogP contribution in [0.25, 0.3) is 0 Å². The van der Waals surface area contributed by atoms with Crippen LogP contribution in [0.5, 0.6) is 5.75 Å². The summed E-state index contributed by atoms with van der Waals surface area (Å²) in [7, 11) is 0. The number of nitrogen functional groups attached to an aromatic ring is 1. The molecule has 1 atom stereocenters. The minimum absolute atomic E-state index is 0.166. The normalized spacial score (nSPS) is 21.8. The second kappa shape index (κ2) is 3.87. The summed E-state index contributed by atoms with van der Waals surface area (Å²) in [6.45, 7) is 2.13.